The van der Waals surface area contributed by atoms with Crippen molar-refractivity contribution in [2.75, 3.05) is 5.32 Å². The number of nitrogens with two attached hydrogens (primary N) is 1. The number of halogens is 2. The van der Waals surface area contributed by atoms with E-state index in [-0.39, 0.29) is 23.2 Å². The monoisotopic (exact) mass is 307 g/mol. The Morgan fingerprint density at radius 3 is 2.86 bits per heavy atom. The highest BCUT2D eigenvalue weighted by atomic mass is 19.1. The molecule has 2 rings (SSSR count). The third kappa shape index (κ3) is 4.11. The third-order valence-electron chi connectivity index (χ3n) is 2.71. The lowest BCUT2D eigenvalue weighted by atomic mass is 10.2. The molecule has 0 radical (unpaired) electrons. The van der Waals surface area contributed by atoms with Crippen molar-refractivity contribution >= 4 is 17.6 Å². The van der Waals surface area contributed by atoms with E-state index in [1.807, 2.05) is 6.92 Å². The molecule has 6 nitrogen and oxygen atoms in total. The van der Waals surface area contributed by atoms with Crippen molar-refractivity contribution in [3.05, 3.63) is 51.9 Å². The Bertz CT molecular complexity index is 757. The molecule has 8 heteroatoms. The number of anilines is 1. The number of nitrogens with zero attached hydrogens (tertiary/aromatic N) is 2. The molecule has 0 bridgehead atoms. The molecule has 0 aliphatic rings. The van der Waals surface area contributed by atoms with Crippen molar-refractivity contribution in [3.8, 4) is 0 Å². The second-order valence-corrected chi connectivity index (χ2v) is 4.56. The fourth-order valence-corrected chi connectivity index (χ4v) is 1.80. The van der Waals surface area contributed by atoms with E-state index in [9.17, 15) is 13.6 Å². The molecule has 22 heavy (non-hydrogen) atoms. The maximum absolute atomic E-state index is 13.5. The predicted octanol–water partition coefficient (Wildman–Crippen LogP) is 2.06. The van der Waals surface area contributed by atoms with E-state index >= 15 is 0 Å². The number of nitrogens with one attached hydrogen (secondary N) is 2. The van der Waals surface area contributed by atoms with Gasteiger partial charge in [0.05, 0.1) is 5.69 Å². The Labute approximate surface area is 125 Å². The first-order valence-corrected chi connectivity index (χ1v) is 6.64. The van der Waals surface area contributed by atoms with Gasteiger partial charge in [-0.15, -0.1) is 0 Å². The summed E-state index contributed by atoms with van der Waals surface area (Å²) in [6.07, 6.45) is 1.46. The van der Waals surface area contributed by atoms with Gasteiger partial charge in [-0.25, -0.2) is 13.8 Å². The summed E-state index contributed by atoms with van der Waals surface area (Å²) in [5.41, 5.74) is 5.84. The molecule has 0 unspecified atom stereocenters. The van der Waals surface area contributed by atoms with Crippen molar-refractivity contribution < 1.29 is 8.78 Å². The van der Waals surface area contributed by atoms with Crippen LogP contribution in [0.4, 0.5) is 20.4 Å². The topological polar surface area (TPSA) is 96.2 Å². The molecule has 116 valence electrons. The van der Waals surface area contributed by atoms with Gasteiger partial charge in [-0.2, -0.15) is 4.99 Å². The van der Waals surface area contributed by atoms with Crippen LogP contribution in [-0.2, 0) is 6.42 Å². The second-order valence-electron chi connectivity index (χ2n) is 4.56. The van der Waals surface area contributed by atoms with Gasteiger partial charge in [-0.05, 0) is 18.6 Å². The van der Waals surface area contributed by atoms with Crippen molar-refractivity contribution in [3.63, 3.8) is 0 Å². The number of aromatic nitrogens is 2. The summed E-state index contributed by atoms with van der Waals surface area (Å²) < 4.78 is 26.3. The van der Waals surface area contributed by atoms with Crippen LogP contribution >= 0.6 is 0 Å². The molecular weight excluding hydrogens is 292 g/mol. The van der Waals surface area contributed by atoms with Crippen molar-refractivity contribution in [2.24, 2.45) is 10.7 Å². The first-order chi connectivity index (χ1) is 10.5. The Balaban J connectivity index is 2.23. The van der Waals surface area contributed by atoms with Crippen molar-refractivity contribution in [2.45, 2.75) is 19.8 Å². The molecule has 0 saturated heterocycles. The summed E-state index contributed by atoms with van der Waals surface area (Å²) >= 11 is 0. The minimum atomic E-state index is -0.806. The van der Waals surface area contributed by atoms with Gasteiger partial charge >= 0.3 is 0 Å². The zero-order chi connectivity index (χ0) is 16.1. The van der Waals surface area contributed by atoms with Gasteiger partial charge in [-0.1, -0.05) is 13.3 Å². The van der Waals surface area contributed by atoms with Crippen LogP contribution in [0.3, 0.4) is 0 Å². The highest BCUT2D eigenvalue weighted by Crippen LogP contribution is 2.14. The summed E-state index contributed by atoms with van der Waals surface area (Å²) in [7, 11) is 0. The van der Waals surface area contributed by atoms with E-state index in [2.05, 4.69) is 20.3 Å². The first kappa shape index (κ1) is 15.6. The first-order valence-electron chi connectivity index (χ1n) is 6.64. The number of aliphatic imine (C=N–C) groups is 1. The number of aromatic amines is 1. The Kier molecular flexibility index (Phi) is 4.82. The van der Waals surface area contributed by atoms with Gasteiger partial charge in [0.15, 0.2) is 0 Å². The molecule has 0 spiro atoms. The molecule has 0 aliphatic carbocycles. The second kappa shape index (κ2) is 6.79. The van der Waals surface area contributed by atoms with Gasteiger partial charge < -0.3 is 11.1 Å². The predicted molar refractivity (Wildman–Crippen MR) is 80.1 cm³/mol. The quantitative estimate of drug-likeness (QED) is 0.595. The normalized spacial score (nSPS) is 11.5. The fraction of sp³-hybridized carbons (Fsp3) is 0.214. The number of hydrogen-bond acceptors (Lipinski definition) is 3. The van der Waals surface area contributed by atoms with Crippen LogP contribution in [0.15, 0.2) is 34.1 Å². The van der Waals surface area contributed by atoms with E-state index in [0.717, 1.165) is 18.6 Å². The highest BCUT2D eigenvalue weighted by molar-refractivity contribution is 5.93. The maximum Gasteiger partial charge on any atom is 0.252 e. The average molecular weight is 307 g/mol. The largest absolute Gasteiger partial charge is 0.369 e. The number of rotatable bonds is 4. The van der Waals surface area contributed by atoms with Crippen LogP contribution in [0, 0.1) is 11.6 Å². The van der Waals surface area contributed by atoms with Crippen LogP contribution in [0.2, 0.25) is 0 Å². The van der Waals surface area contributed by atoms with Gasteiger partial charge in [0.1, 0.15) is 11.6 Å². The van der Waals surface area contributed by atoms with Gasteiger partial charge in [0, 0.05) is 17.8 Å². The minimum absolute atomic E-state index is 0.0171. The lowest BCUT2D eigenvalue weighted by Crippen LogP contribution is -2.23. The van der Waals surface area contributed by atoms with Gasteiger partial charge in [-0.3, -0.25) is 9.78 Å². The molecule has 0 aliphatic heterocycles. The summed E-state index contributed by atoms with van der Waals surface area (Å²) in [5.74, 6) is -1.66. The van der Waals surface area contributed by atoms with Gasteiger partial charge in [0.2, 0.25) is 11.9 Å². The minimum Gasteiger partial charge on any atom is -0.369 e. The SMILES string of the molecule is CCCc1cc(=O)[nH]c(/N=C(\N)Nc2ccc(F)cc2F)n1. The molecule has 1 heterocycles. The van der Waals surface area contributed by atoms with Gasteiger partial charge in [0.25, 0.3) is 5.56 Å². The van der Waals surface area contributed by atoms with E-state index in [1.54, 1.807) is 0 Å². The number of H-pyrrole nitrogens is 1. The van der Waals surface area contributed by atoms with E-state index in [0.29, 0.717) is 12.1 Å². The molecule has 4 N–H and O–H groups in total. The molecule has 0 saturated carbocycles. The number of hydrogen-bond donors (Lipinski definition) is 3. The van der Waals surface area contributed by atoms with Crippen LogP contribution in [0.5, 0.6) is 0 Å². The molecule has 1 aromatic carbocycles. The standard InChI is InChI=1S/C14H15F2N5O/c1-2-3-9-7-12(22)20-14(18-9)21-13(17)19-11-5-4-8(15)6-10(11)16/h4-7H,2-3H2,1H3,(H4,17,18,19,20,21,22). The summed E-state index contributed by atoms with van der Waals surface area (Å²) in [6, 6.07) is 4.38. The van der Waals surface area contributed by atoms with Crippen LogP contribution in [0.25, 0.3) is 0 Å². The smallest absolute Gasteiger partial charge is 0.252 e. The Hall–Kier alpha value is -2.77. The lowest BCUT2D eigenvalue weighted by molar-refractivity contribution is 0.586. The summed E-state index contributed by atoms with van der Waals surface area (Å²) in [6.45, 7) is 1.96. The molecule has 0 atom stereocenters. The van der Waals surface area contributed by atoms with Crippen LogP contribution in [-0.4, -0.2) is 15.9 Å². The zero-order valence-corrected chi connectivity index (χ0v) is 11.9. The average Bonchev–Trinajstić information content (AvgIpc) is 2.41. The Morgan fingerprint density at radius 1 is 1.41 bits per heavy atom. The van der Waals surface area contributed by atoms with E-state index < -0.39 is 11.6 Å². The van der Waals surface area contributed by atoms with Crippen molar-refractivity contribution in [1.29, 1.82) is 0 Å². The summed E-state index contributed by atoms with van der Waals surface area (Å²) in [5, 5.41) is 2.48. The zero-order valence-electron chi connectivity index (χ0n) is 11.9. The van der Waals surface area contributed by atoms with E-state index in [1.165, 1.54) is 12.1 Å². The Morgan fingerprint density at radius 2 is 2.18 bits per heavy atom. The van der Waals surface area contributed by atoms with E-state index in [4.69, 9.17) is 5.73 Å². The highest BCUT2D eigenvalue weighted by Gasteiger charge is 2.06. The van der Waals surface area contributed by atoms with Crippen LogP contribution < -0.4 is 16.6 Å². The third-order valence-corrected chi connectivity index (χ3v) is 2.71. The molecule has 1 aromatic heterocycles. The fourth-order valence-electron chi connectivity index (χ4n) is 1.80. The number of guanidine groups is 1. The lowest BCUT2D eigenvalue weighted by Gasteiger charge is -2.06. The van der Waals surface area contributed by atoms with Crippen molar-refractivity contribution in [1.82, 2.24) is 9.97 Å². The number of benzene rings is 1. The summed E-state index contributed by atoms with van der Waals surface area (Å²) in [4.78, 5) is 21.9. The molecule has 2 aromatic rings. The molecule has 0 amide bonds. The maximum atomic E-state index is 13.5. The van der Waals surface area contributed by atoms with Crippen LogP contribution in [0.1, 0.15) is 19.0 Å². The molecule has 0 fully saturated rings. The number of aryl methyl sites for hydroxylation is 1. The molecular formula is C14H15F2N5O.